The summed E-state index contributed by atoms with van der Waals surface area (Å²) in [6.07, 6.45) is -0.396. The Hall–Kier alpha value is -6.36. The van der Waals surface area contributed by atoms with E-state index in [9.17, 15) is 0 Å². The SMILES string of the molecule is c1ccc(C2=NC(c3ccc4sc5ccccc5c4c3)N=C(c3ccc4c(c3)C3(c5ccccc5-4)c4cccc5ccc6cccc3c6c45)N2)cc1. The van der Waals surface area contributed by atoms with Crippen molar-refractivity contribution in [3.63, 3.8) is 0 Å². The first-order valence-corrected chi connectivity index (χ1v) is 18.7. The first-order chi connectivity index (χ1) is 25.8. The van der Waals surface area contributed by atoms with E-state index in [1.54, 1.807) is 0 Å². The van der Waals surface area contributed by atoms with E-state index in [0.29, 0.717) is 0 Å². The molecule has 4 heteroatoms. The molecule has 0 amide bonds. The lowest BCUT2D eigenvalue weighted by Crippen LogP contribution is -2.36. The van der Waals surface area contributed by atoms with Gasteiger partial charge >= 0.3 is 0 Å². The molecule has 0 bridgehead atoms. The lowest BCUT2D eigenvalue weighted by molar-refractivity contribution is 0.756. The Balaban J connectivity index is 1.08. The van der Waals surface area contributed by atoms with Gasteiger partial charge in [-0.2, -0.15) is 0 Å². The van der Waals surface area contributed by atoms with Gasteiger partial charge in [0.2, 0.25) is 0 Å². The number of hydrogen-bond acceptors (Lipinski definition) is 4. The zero-order valence-corrected chi connectivity index (χ0v) is 28.8. The van der Waals surface area contributed by atoms with E-state index in [2.05, 4.69) is 163 Å². The summed E-state index contributed by atoms with van der Waals surface area (Å²) in [4.78, 5) is 10.6. The molecule has 2 aliphatic carbocycles. The smallest absolute Gasteiger partial charge is 0.169 e. The van der Waals surface area contributed by atoms with E-state index >= 15 is 0 Å². The maximum absolute atomic E-state index is 5.40. The molecule has 8 aromatic carbocycles. The molecule has 0 saturated heterocycles. The normalized spacial score (nSPS) is 16.4. The molecule has 3 nitrogen and oxygen atoms in total. The number of rotatable bonds is 3. The van der Waals surface area contributed by atoms with Crippen LogP contribution < -0.4 is 5.32 Å². The molecule has 1 N–H and O–H groups in total. The molecule has 9 aromatic rings. The number of nitrogens with zero attached hydrogens (tertiary/aromatic N) is 2. The Labute approximate surface area is 304 Å². The summed E-state index contributed by atoms with van der Waals surface area (Å²) in [5, 5.41) is 11.5. The minimum Gasteiger partial charge on any atom is -0.324 e. The first kappa shape index (κ1) is 28.3. The quantitative estimate of drug-likeness (QED) is 0.185. The topological polar surface area (TPSA) is 36.8 Å². The van der Waals surface area contributed by atoms with Crippen molar-refractivity contribution < 1.29 is 0 Å². The summed E-state index contributed by atoms with van der Waals surface area (Å²) in [5.74, 6) is 1.65. The van der Waals surface area contributed by atoms with Gasteiger partial charge in [0.1, 0.15) is 11.7 Å². The monoisotopic (exact) mass is 679 g/mol. The summed E-state index contributed by atoms with van der Waals surface area (Å²) < 4.78 is 2.58. The highest BCUT2D eigenvalue weighted by molar-refractivity contribution is 7.25. The zero-order valence-electron chi connectivity index (χ0n) is 28.0. The number of nitrogens with one attached hydrogen (secondary N) is 1. The minimum absolute atomic E-state index is 0.396. The number of fused-ring (bicyclic) bond motifs is 10. The van der Waals surface area contributed by atoms with Crippen LogP contribution in [0.2, 0.25) is 0 Å². The predicted octanol–water partition coefficient (Wildman–Crippen LogP) is 11.5. The molecule has 0 radical (unpaired) electrons. The lowest BCUT2D eigenvalue weighted by atomic mass is 9.70. The van der Waals surface area contributed by atoms with Gasteiger partial charge in [-0.3, -0.25) is 0 Å². The molecule has 3 aliphatic rings. The van der Waals surface area contributed by atoms with Gasteiger partial charge < -0.3 is 5.32 Å². The van der Waals surface area contributed by atoms with Crippen molar-refractivity contribution >= 4 is 64.7 Å². The molecule has 1 unspecified atom stereocenters. The fourth-order valence-corrected chi connectivity index (χ4v) is 10.4. The van der Waals surface area contributed by atoms with Crippen molar-refractivity contribution in [3.8, 4) is 11.1 Å². The molecule has 1 spiro atoms. The number of thiophene rings is 1. The summed E-state index contributed by atoms with van der Waals surface area (Å²) in [6, 6.07) is 60.0. The van der Waals surface area contributed by atoms with Gasteiger partial charge in [-0.25, -0.2) is 9.98 Å². The van der Waals surface area contributed by atoms with Crippen LogP contribution in [0.4, 0.5) is 0 Å². The van der Waals surface area contributed by atoms with E-state index in [1.165, 1.54) is 75.1 Å². The van der Waals surface area contributed by atoms with E-state index < -0.39 is 11.6 Å². The zero-order chi connectivity index (χ0) is 34.0. The van der Waals surface area contributed by atoms with Crippen molar-refractivity contribution in [3.05, 3.63) is 203 Å². The van der Waals surface area contributed by atoms with E-state index in [4.69, 9.17) is 9.98 Å². The van der Waals surface area contributed by atoms with E-state index in [1.807, 2.05) is 17.4 Å². The van der Waals surface area contributed by atoms with Crippen LogP contribution in [0.15, 0.2) is 174 Å². The summed E-state index contributed by atoms with van der Waals surface area (Å²) >= 11 is 1.84. The number of hydrogen-bond donors (Lipinski definition) is 1. The Morgan fingerprint density at radius 2 is 1.12 bits per heavy atom. The van der Waals surface area contributed by atoms with Crippen LogP contribution in [-0.2, 0) is 5.41 Å². The molecule has 1 aromatic heterocycles. The Morgan fingerprint density at radius 3 is 1.92 bits per heavy atom. The molecule has 0 saturated carbocycles. The van der Waals surface area contributed by atoms with Crippen LogP contribution in [-0.4, -0.2) is 11.7 Å². The highest BCUT2D eigenvalue weighted by Crippen LogP contribution is 2.62. The van der Waals surface area contributed by atoms with E-state index in [0.717, 1.165) is 28.4 Å². The molecular formula is C48H29N3S. The highest BCUT2D eigenvalue weighted by Gasteiger charge is 2.50. The third-order valence-electron chi connectivity index (χ3n) is 11.5. The van der Waals surface area contributed by atoms with Crippen molar-refractivity contribution in [2.24, 2.45) is 9.98 Å². The minimum atomic E-state index is -0.430. The third-order valence-corrected chi connectivity index (χ3v) is 12.6. The van der Waals surface area contributed by atoms with Crippen LogP contribution in [0, 0.1) is 0 Å². The standard InChI is InChI=1S/C48H29N3S/c1-2-10-30(11-3-1)45-49-46(31-23-25-42-36(26-31)35-15-5-7-19-41(35)52-42)51-47(50-45)32-22-24-34-33-14-4-6-16-37(33)48(40(34)27-32)38-17-8-12-28-20-21-29-13-9-18-39(48)44(29)43(28)38/h1-27,46H,(H,49,50,51). The largest absolute Gasteiger partial charge is 0.324 e. The van der Waals surface area contributed by atoms with Crippen molar-refractivity contribution in [1.82, 2.24) is 5.32 Å². The summed E-state index contributed by atoms with van der Waals surface area (Å²) in [5.41, 5.74) is 10.7. The van der Waals surface area contributed by atoms with Gasteiger partial charge in [-0.15, -0.1) is 11.3 Å². The summed E-state index contributed by atoms with van der Waals surface area (Å²) in [6.45, 7) is 0. The Morgan fingerprint density at radius 1 is 0.462 bits per heavy atom. The molecule has 12 rings (SSSR count). The molecule has 1 aliphatic heterocycles. The van der Waals surface area contributed by atoms with Crippen molar-refractivity contribution in [1.29, 1.82) is 0 Å². The Bertz CT molecular complexity index is 3000. The fourth-order valence-electron chi connectivity index (χ4n) is 9.33. The van der Waals surface area contributed by atoms with E-state index in [-0.39, 0.29) is 0 Å². The summed E-state index contributed by atoms with van der Waals surface area (Å²) in [7, 11) is 0. The van der Waals surface area contributed by atoms with Crippen LogP contribution in [0.1, 0.15) is 45.1 Å². The van der Waals surface area contributed by atoms with Crippen molar-refractivity contribution in [2.45, 2.75) is 11.6 Å². The highest BCUT2D eigenvalue weighted by atomic mass is 32.1. The average molecular weight is 680 g/mol. The third kappa shape index (κ3) is 3.69. The average Bonchev–Trinajstić information content (AvgIpc) is 3.84. The number of aliphatic imine (C=N–C) groups is 2. The molecule has 0 fully saturated rings. The maximum Gasteiger partial charge on any atom is 0.169 e. The van der Waals surface area contributed by atoms with Crippen LogP contribution in [0.25, 0.3) is 52.8 Å². The number of benzene rings is 8. The number of amidine groups is 2. The van der Waals surface area contributed by atoms with Gasteiger partial charge in [0.15, 0.2) is 6.17 Å². The fraction of sp³-hybridized carbons (Fsp3) is 0.0417. The van der Waals surface area contributed by atoms with Crippen LogP contribution >= 0.6 is 11.3 Å². The Kier molecular flexibility index (Phi) is 5.64. The van der Waals surface area contributed by atoms with Crippen molar-refractivity contribution in [2.75, 3.05) is 0 Å². The molecular weight excluding hydrogens is 651 g/mol. The molecule has 1 atom stereocenters. The van der Waals surface area contributed by atoms with Gasteiger partial charge in [0.05, 0.1) is 5.41 Å². The predicted molar refractivity (Wildman–Crippen MR) is 217 cm³/mol. The second-order valence-corrected chi connectivity index (χ2v) is 15.2. The lowest BCUT2D eigenvalue weighted by Gasteiger charge is -2.31. The molecule has 242 valence electrons. The maximum atomic E-state index is 5.40. The first-order valence-electron chi connectivity index (χ1n) is 17.9. The van der Waals surface area contributed by atoms with Crippen LogP contribution in [0.3, 0.4) is 0 Å². The van der Waals surface area contributed by atoms with Gasteiger partial charge in [0.25, 0.3) is 0 Å². The molecule has 52 heavy (non-hydrogen) atoms. The van der Waals surface area contributed by atoms with Gasteiger partial charge in [0, 0.05) is 31.3 Å². The van der Waals surface area contributed by atoms with Gasteiger partial charge in [-0.1, -0.05) is 140 Å². The van der Waals surface area contributed by atoms with Gasteiger partial charge in [-0.05, 0) is 84.8 Å². The molecule has 2 heterocycles. The van der Waals surface area contributed by atoms with Crippen LogP contribution in [0.5, 0.6) is 0 Å². The second-order valence-electron chi connectivity index (χ2n) is 14.1. The second kappa shape index (κ2) is 10.3.